The molecule has 0 saturated carbocycles. The van der Waals surface area contributed by atoms with Gasteiger partial charge in [0.25, 0.3) is 0 Å². The number of rotatable bonds is 0. The van der Waals surface area contributed by atoms with Crippen LogP contribution in [0.4, 0.5) is 0 Å². The summed E-state index contributed by atoms with van der Waals surface area (Å²) in [5.74, 6) is 0. The third-order valence-electron chi connectivity index (χ3n) is 6.20. The van der Waals surface area contributed by atoms with Gasteiger partial charge in [-0.3, -0.25) is 0 Å². The smallest absolute Gasteiger partial charge is 0.0714 e. The molecule has 0 radical (unpaired) electrons. The summed E-state index contributed by atoms with van der Waals surface area (Å²) in [5, 5.41) is 0. The quantitative estimate of drug-likeness (QED) is 0.375. The fourth-order valence-corrected chi connectivity index (χ4v) is 5.52. The van der Waals surface area contributed by atoms with E-state index in [4.69, 9.17) is 0 Å². The van der Waals surface area contributed by atoms with E-state index in [9.17, 15) is 0 Å². The summed E-state index contributed by atoms with van der Waals surface area (Å²) in [6, 6.07) is 26.8. The molecule has 0 unspecified atom stereocenters. The molecule has 0 atom stereocenters. The zero-order valence-electron chi connectivity index (χ0n) is 14.7. The minimum absolute atomic E-state index is 0.219. The van der Waals surface area contributed by atoms with E-state index in [0.717, 1.165) is 6.42 Å². The van der Waals surface area contributed by atoms with Gasteiger partial charge in [0.1, 0.15) is 0 Å². The number of benzene rings is 3. The first-order chi connectivity index (χ1) is 13.3. The first kappa shape index (κ1) is 15.4. The minimum atomic E-state index is -0.219. The molecule has 0 nitrogen and oxygen atoms in total. The lowest BCUT2D eigenvalue weighted by Gasteiger charge is -2.30. The van der Waals surface area contributed by atoms with Gasteiger partial charge in [-0.2, -0.15) is 0 Å². The molecule has 0 heterocycles. The number of halogens is 1. The van der Waals surface area contributed by atoms with E-state index >= 15 is 0 Å². The van der Waals surface area contributed by atoms with E-state index in [1.165, 1.54) is 49.0 Å². The highest BCUT2D eigenvalue weighted by Gasteiger charge is 2.52. The van der Waals surface area contributed by atoms with Crippen molar-refractivity contribution in [2.24, 2.45) is 0 Å². The Kier molecular flexibility index (Phi) is 3.10. The Bertz CT molecular complexity index is 1160. The van der Waals surface area contributed by atoms with Gasteiger partial charge in [-0.15, -0.1) is 0 Å². The number of fused-ring (bicyclic) bond motifs is 10. The first-order valence-electron chi connectivity index (χ1n) is 9.38. The van der Waals surface area contributed by atoms with Crippen molar-refractivity contribution in [3.05, 3.63) is 123 Å². The second-order valence-corrected chi connectivity index (χ2v) is 8.42. The third-order valence-corrected chi connectivity index (χ3v) is 6.79. The maximum atomic E-state index is 3.72. The van der Waals surface area contributed by atoms with Gasteiger partial charge in [0.2, 0.25) is 0 Å². The second-order valence-electron chi connectivity index (χ2n) is 7.40. The van der Waals surface area contributed by atoms with Gasteiger partial charge in [-0.1, -0.05) is 107 Å². The Balaban J connectivity index is 1.83. The molecule has 27 heavy (non-hydrogen) atoms. The zero-order chi connectivity index (χ0) is 18.0. The predicted octanol–water partition coefficient (Wildman–Crippen LogP) is 7.01. The highest BCUT2D eigenvalue weighted by atomic mass is 79.9. The molecule has 3 aromatic carbocycles. The zero-order valence-corrected chi connectivity index (χ0v) is 16.3. The third kappa shape index (κ3) is 1.83. The van der Waals surface area contributed by atoms with Crippen LogP contribution in [0.3, 0.4) is 0 Å². The van der Waals surface area contributed by atoms with E-state index in [1.54, 1.807) is 0 Å². The topological polar surface area (TPSA) is 0 Å². The molecule has 0 N–H and O–H groups in total. The molecule has 0 bridgehead atoms. The molecule has 0 amide bonds. The predicted molar refractivity (Wildman–Crippen MR) is 116 cm³/mol. The van der Waals surface area contributed by atoms with E-state index in [0.29, 0.717) is 0 Å². The van der Waals surface area contributed by atoms with E-state index in [-0.39, 0.29) is 5.41 Å². The molecule has 6 rings (SSSR count). The highest BCUT2D eigenvalue weighted by Crippen LogP contribution is 2.63. The Morgan fingerprint density at radius 1 is 0.630 bits per heavy atom. The molecule has 0 saturated heterocycles. The average Bonchev–Trinajstić information content (AvgIpc) is 3.08. The summed E-state index contributed by atoms with van der Waals surface area (Å²) in [5.41, 5.74) is 10.9. The van der Waals surface area contributed by atoms with Crippen LogP contribution < -0.4 is 0 Å². The maximum absolute atomic E-state index is 3.72. The van der Waals surface area contributed by atoms with Gasteiger partial charge in [-0.05, 0) is 55.4 Å². The largest absolute Gasteiger partial charge is 0.0725 e. The van der Waals surface area contributed by atoms with Gasteiger partial charge < -0.3 is 0 Å². The fraction of sp³-hybridized carbons (Fsp3) is 0.0769. The van der Waals surface area contributed by atoms with Crippen LogP contribution >= 0.6 is 15.9 Å². The standard InChI is InChI=1S/C26H17Br/c27-17-13-15-21-20-9-3-6-12-24(20)26(25(21)16-14-17)22-10-4-1-7-18(22)19-8-2-5-11-23(19)26/h1-12,14-16H,13H2. The molecule has 0 aromatic heterocycles. The second kappa shape index (κ2) is 5.43. The van der Waals surface area contributed by atoms with Crippen LogP contribution in [-0.2, 0) is 5.41 Å². The Morgan fingerprint density at radius 2 is 1.15 bits per heavy atom. The summed E-state index contributed by atoms with van der Waals surface area (Å²) in [6.45, 7) is 0. The molecule has 0 aliphatic heterocycles. The summed E-state index contributed by atoms with van der Waals surface area (Å²) < 4.78 is 1.23. The van der Waals surface area contributed by atoms with Crippen molar-refractivity contribution in [3.8, 4) is 11.1 Å². The molecule has 3 aromatic rings. The van der Waals surface area contributed by atoms with Crippen molar-refractivity contribution in [2.75, 3.05) is 0 Å². The number of hydrogen-bond acceptors (Lipinski definition) is 0. The molecule has 1 spiro atoms. The van der Waals surface area contributed by atoms with Gasteiger partial charge in [0.05, 0.1) is 5.41 Å². The lowest BCUT2D eigenvalue weighted by Crippen LogP contribution is -2.25. The van der Waals surface area contributed by atoms with Crippen LogP contribution in [0.1, 0.15) is 28.7 Å². The molecule has 1 heteroatoms. The van der Waals surface area contributed by atoms with Crippen molar-refractivity contribution in [1.29, 1.82) is 0 Å². The molecule has 3 aliphatic rings. The average molecular weight is 409 g/mol. The Morgan fingerprint density at radius 3 is 1.78 bits per heavy atom. The van der Waals surface area contributed by atoms with Crippen LogP contribution in [0.15, 0.2) is 101 Å². The molecule has 128 valence electrons. The summed E-state index contributed by atoms with van der Waals surface area (Å²) in [4.78, 5) is 0. The lowest BCUT2D eigenvalue weighted by atomic mass is 9.70. The summed E-state index contributed by atoms with van der Waals surface area (Å²) >= 11 is 3.72. The van der Waals surface area contributed by atoms with E-state index in [1.807, 2.05) is 0 Å². The van der Waals surface area contributed by atoms with Gasteiger partial charge in [-0.25, -0.2) is 0 Å². The summed E-state index contributed by atoms with van der Waals surface area (Å²) in [7, 11) is 0. The van der Waals surface area contributed by atoms with Crippen molar-refractivity contribution >= 4 is 21.5 Å². The monoisotopic (exact) mass is 408 g/mol. The number of hydrogen-bond donors (Lipinski definition) is 0. The Hall–Kier alpha value is -2.64. The van der Waals surface area contributed by atoms with Crippen molar-refractivity contribution in [1.82, 2.24) is 0 Å². The normalized spacial score (nSPS) is 17.9. The van der Waals surface area contributed by atoms with Crippen LogP contribution in [-0.4, -0.2) is 0 Å². The molecular weight excluding hydrogens is 392 g/mol. The van der Waals surface area contributed by atoms with Crippen molar-refractivity contribution in [3.63, 3.8) is 0 Å². The minimum Gasteiger partial charge on any atom is -0.0714 e. The van der Waals surface area contributed by atoms with Crippen LogP contribution in [0.25, 0.3) is 16.7 Å². The van der Waals surface area contributed by atoms with Gasteiger partial charge >= 0.3 is 0 Å². The van der Waals surface area contributed by atoms with Crippen LogP contribution in [0.5, 0.6) is 0 Å². The van der Waals surface area contributed by atoms with Gasteiger partial charge in [0.15, 0.2) is 0 Å². The van der Waals surface area contributed by atoms with E-state index < -0.39 is 0 Å². The molecule has 0 fully saturated rings. The van der Waals surface area contributed by atoms with Crippen LogP contribution in [0, 0.1) is 0 Å². The SMILES string of the molecule is BrC1=CC=C2C(=CC1)c1ccccc1C21c2ccccc2-c2ccccc21. The van der Waals surface area contributed by atoms with Crippen molar-refractivity contribution in [2.45, 2.75) is 11.8 Å². The van der Waals surface area contributed by atoms with Crippen molar-refractivity contribution < 1.29 is 0 Å². The lowest BCUT2D eigenvalue weighted by molar-refractivity contribution is 0.795. The molecular formula is C26H17Br. The van der Waals surface area contributed by atoms with Crippen LogP contribution in [0.2, 0.25) is 0 Å². The summed E-state index contributed by atoms with van der Waals surface area (Å²) in [6.07, 6.45) is 7.89. The molecule has 3 aliphatic carbocycles. The maximum Gasteiger partial charge on any atom is 0.0725 e. The first-order valence-corrected chi connectivity index (χ1v) is 10.2. The van der Waals surface area contributed by atoms with Gasteiger partial charge in [0, 0.05) is 0 Å². The fourth-order valence-electron chi connectivity index (χ4n) is 5.23. The van der Waals surface area contributed by atoms with E-state index in [2.05, 4.69) is 107 Å². The highest BCUT2D eigenvalue weighted by molar-refractivity contribution is 9.11. The Labute approximate surface area is 167 Å². The number of allylic oxidation sites excluding steroid dienone is 6.